The molecule has 0 aliphatic rings. The number of fused-ring (bicyclic) bond motifs is 1. The Bertz CT molecular complexity index is 573. The van der Waals surface area contributed by atoms with Gasteiger partial charge in [0.15, 0.2) is 0 Å². The fraction of sp³-hybridized carbons (Fsp3) is 0.250. The molecule has 94 valence electrons. The van der Waals surface area contributed by atoms with E-state index >= 15 is 0 Å². The molecule has 0 aromatic carbocycles. The van der Waals surface area contributed by atoms with Crippen LogP contribution in [0.4, 0.5) is 5.69 Å². The molecular formula is C12H13BrN4O. The summed E-state index contributed by atoms with van der Waals surface area (Å²) in [5, 5.41) is 3.24. The number of primary amides is 1. The van der Waals surface area contributed by atoms with Crippen LogP contribution in [0.1, 0.15) is 12.8 Å². The normalized spacial score (nSPS) is 10.5. The molecule has 0 aliphatic heterocycles. The summed E-state index contributed by atoms with van der Waals surface area (Å²) in [6.45, 7) is 0.680. The van der Waals surface area contributed by atoms with Gasteiger partial charge in [0.2, 0.25) is 5.91 Å². The number of nitrogens with zero attached hydrogens (tertiary/aromatic N) is 2. The van der Waals surface area contributed by atoms with Gasteiger partial charge in [-0.05, 0) is 34.5 Å². The van der Waals surface area contributed by atoms with Crippen LogP contribution < -0.4 is 11.1 Å². The van der Waals surface area contributed by atoms with Crippen molar-refractivity contribution < 1.29 is 4.79 Å². The number of rotatable bonds is 5. The Balaban J connectivity index is 2.11. The average molecular weight is 309 g/mol. The summed E-state index contributed by atoms with van der Waals surface area (Å²) in [6, 6.07) is 3.78. The third-order valence-corrected chi connectivity index (χ3v) is 2.89. The zero-order valence-corrected chi connectivity index (χ0v) is 11.3. The minimum Gasteiger partial charge on any atom is -0.383 e. The van der Waals surface area contributed by atoms with Crippen molar-refractivity contribution in [1.82, 2.24) is 9.97 Å². The lowest BCUT2D eigenvalue weighted by Crippen LogP contribution is -2.12. The summed E-state index contributed by atoms with van der Waals surface area (Å²) in [6.07, 6.45) is 4.55. The second-order valence-electron chi connectivity index (χ2n) is 3.88. The van der Waals surface area contributed by atoms with Gasteiger partial charge in [-0.2, -0.15) is 0 Å². The summed E-state index contributed by atoms with van der Waals surface area (Å²) in [5.41, 5.74) is 7.64. The first kappa shape index (κ1) is 12.8. The van der Waals surface area contributed by atoms with Gasteiger partial charge in [0.1, 0.15) is 5.52 Å². The van der Waals surface area contributed by atoms with Crippen LogP contribution in [-0.4, -0.2) is 22.4 Å². The van der Waals surface area contributed by atoms with E-state index in [9.17, 15) is 4.79 Å². The fourth-order valence-electron chi connectivity index (χ4n) is 1.63. The maximum atomic E-state index is 10.6. The number of nitrogens with one attached hydrogen (secondary N) is 1. The monoisotopic (exact) mass is 308 g/mol. The van der Waals surface area contributed by atoms with E-state index in [-0.39, 0.29) is 5.91 Å². The number of halogens is 1. The second-order valence-corrected chi connectivity index (χ2v) is 4.79. The first-order valence-corrected chi connectivity index (χ1v) is 6.38. The molecule has 18 heavy (non-hydrogen) atoms. The summed E-state index contributed by atoms with van der Waals surface area (Å²) in [4.78, 5) is 19.2. The predicted molar refractivity (Wildman–Crippen MR) is 74.2 cm³/mol. The van der Waals surface area contributed by atoms with Crippen LogP contribution in [0.3, 0.4) is 0 Å². The molecule has 1 amide bonds. The van der Waals surface area contributed by atoms with Crippen LogP contribution in [0.2, 0.25) is 0 Å². The largest absolute Gasteiger partial charge is 0.383 e. The summed E-state index contributed by atoms with van der Waals surface area (Å²) in [7, 11) is 0. The first-order chi connectivity index (χ1) is 8.66. The molecule has 6 heteroatoms. The average Bonchev–Trinajstić information content (AvgIpc) is 2.34. The summed E-state index contributed by atoms with van der Waals surface area (Å²) >= 11 is 3.36. The Kier molecular flexibility index (Phi) is 4.09. The molecule has 0 unspecified atom stereocenters. The van der Waals surface area contributed by atoms with Crippen LogP contribution in [-0.2, 0) is 4.79 Å². The molecule has 0 radical (unpaired) electrons. The molecule has 2 aromatic rings. The number of amides is 1. The maximum Gasteiger partial charge on any atom is 0.217 e. The Morgan fingerprint density at radius 2 is 2.28 bits per heavy atom. The minimum absolute atomic E-state index is 0.279. The molecule has 2 rings (SSSR count). The van der Waals surface area contributed by atoms with Crippen LogP contribution in [0.15, 0.2) is 29.0 Å². The number of nitrogens with two attached hydrogens (primary N) is 1. The van der Waals surface area contributed by atoms with Crippen LogP contribution >= 0.6 is 15.9 Å². The Morgan fingerprint density at radius 1 is 1.44 bits per heavy atom. The SMILES string of the molecule is NC(=O)CCCNc1ccnc2cc(Br)cnc12. The highest BCUT2D eigenvalue weighted by Crippen LogP contribution is 2.21. The number of hydrogen-bond acceptors (Lipinski definition) is 4. The number of carbonyl (C=O) groups excluding carboxylic acids is 1. The molecule has 2 aromatic heterocycles. The topological polar surface area (TPSA) is 80.9 Å². The lowest BCUT2D eigenvalue weighted by Gasteiger charge is -2.08. The van der Waals surface area contributed by atoms with Crippen molar-refractivity contribution in [1.29, 1.82) is 0 Å². The Labute approximate surface area is 113 Å². The standard InChI is InChI=1S/C12H13BrN4O/c13-8-6-10-12(17-7-8)9(3-5-16-10)15-4-1-2-11(14)18/h3,5-7H,1-2,4H2,(H2,14,18)(H,15,16). The van der Waals surface area contributed by atoms with Gasteiger partial charge in [0.25, 0.3) is 0 Å². The van der Waals surface area contributed by atoms with Crippen molar-refractivity contribution in [2.24, 2.45) is 5.73 Å². The smallest absolute Gasteiger partial charge is 0.217 e. The van der Waals surface area contributed by atoms with E-state index < -0.39 is 0 Å². The predicted octanol–water partition coefficient (Wildman–Crippen LogP) is 2.07. The van der Waals surface area contributed by atoms with Crippen LogP contribution in [0.25, 0.3) is 11.0 Å². The van der Waals surface area contributed by atoms with E-state index in [1.165, 1.54) is 0 Å². The third-order valence-electron chi connectivity index (χ3n) is 2.46. The third kappa shape index (κ3) is 3.16. The fourth-order valence-corrected chi connectivity index (χ4v) is 1.95. The molecule has 2 heterocycles. The molecule has 0 atom stereocenters. The summed E-state index contributed by atoms with van der Waals surface area (Å²) < 4.78 is 0.897. The van der Waals surface area contributed by atoms with Gasteiger partial charge in [-0.3, -0.25) is 14.8 Å². The van der Waals surface area contributed by atoms with Gasteiger partial charge in [-0.25, -0.2) is 0 Å². The molecule has 5 nitrogen and oxygen atoms in total. The van der Waals surface area contributed by atoms with Gasteiger partial charge in [-0.1, -0.05) is 0 Å². The van der Waals surface area contributed by atoms with E-state index in [4.69, 9.17) is 5.73 Å². The lowest BCUT2D eigenvalue weighted by atomic mass is 10.2. The van der Waals surface area contributed by atoms with E-state index in [0.29, 0.717) is 19.4 Å². The maximum absolute atomic E-state index is 10.6. The molecule has 0 spiro atoms. The van der Waals surface area contributed by atoms with Crippen LogP contribution in [0, 0.1) is 0 Å². The molecule has 0 bridgehead atoms. The van der Waals surface area contributed by atoms with Gasteiger partial charge in [0.05, 0.1) is 11.2 Å². The van der Waals surface area contributed by atoms with Gasteiger partial charge < -0.3 is 11.1 Å². The van der Waals surface area contributed by atoms with E-state index in [0.717, 1.165) is 21.2 Å². The van der Waals surface area contributed by atoms with Crippen molar-refractivity contribution in [2.75, 3.05) is 11.9 Å². The molecule has 3 N–H and O–H groups in total. The molecule has 0 fully saturated rings. The van der Waals surface area contributed by atoms with Gasteiger partial charge in [0, 0.05) is 29.8 Å². The number of anilines is 1. The van der Waals surface area contributed by atoms with E-state index in [1.807, 2.05) is 12.1 Å². The van der Waals surface area contributed by atoms with E-state index in [1.54, 1.807) is 12.4 Å². The Hall–Kier alpha value is -1.69. The van der Waals surface area contributed by atoms with Gasteiger partial charge >= 0.3 is 0 Å². The molecule has 0 saturated heterocycles. The highest BCUT2D eigenvalue weighted by atomic mass is 79.9. The van der Waals surface area contributed by atoms with E-state index in [2.05, 4.69) is 31.2 Å². The molecular weight excluding hydrogens is 296 g/mol. The van der Waals surface area contributed by atoms with Gasteiger partial charge in [-0.15, -0.1) is 0 Å². The number of pyridine rings is 2. The van der Waals surface area contributed by atoms with Crippen molar-refractivity contribution in [2.45, 2.75) is 12.8 Å². The quantitative estimate of drug-likeness (QED) is 0.829. The molecule has 0 aliphatic carbocycles. The zero-order chi connectivity index (χ0) is 13.0. The van der Waals surface area contributed by atoms with Crippen LogP contribution in [0.5, 0.6) is 0 Å². The van der Waals surface area contributed by atoms with Crippen molar-refractivity contribution in [3.8, 4) is 0 Å². The van der Waals surface area contributed by atoms with Crippen molar-refractivity contribution >= 4 is 38.6 Å². The number of carbonyl (C=O) groups is 1. The second kappa shape index (κ2) is 5.77. The minimum atomic E-state index is -0.279. The van der Waals surface area contributed by atoms with Crippen molar-refractivity contribution in [3.05, 3.63) is 29.0 Å². The number of aromatic nitrogens is 2. The number of hydrogen-bond donors (Lipinski definition) is 2. The van der Waals surface area contributed by atoms with Crippen molar-refractivity contribution in [3.63, 3.8) is 0 Å². The highest BCUT2D eigenvalue weighted by molar-refractivity contribution is 9.10. The lowest BCUT2D eigenvalue weighted by molar-refractivity contribution is -0.118. The Morgan fingerprint density at radius 3 is 3.06 bits per heavy atom. The highest BCUT2D eigenvalue weighted by Gasteiger charge is 2.03. The summed E-state index contributed by atoms with van der Waals surface area (Å²) in [5.74, 6) is -0.279. The first-order valence-electron chi connectivity index (χ1n) is 5.59. The molecule has 0 saturated carbocycles. The zero-order valence-electron chi connectivity index (χ0n) is 9.69.